The topological polar surface area (TPSA) is 26.0 Å². The van der Waals surface area contributed by atoms with E-state index in [1.807, 2.05) is 0 Å². The largest absolute Gasteiger partial charge is 0.329 e. The molecule has 0 radical (unpaired) electrons. The van der Waals surface area contributed by atoms with Gasteiger partial charge >= 0.3 is 0 Å². The van der Waals surface area contributed by atoms with E-state index in [1.54, 1.807) is 6.07 Å². The van der Waals surface area contributed by atoms with E-state index in [4.69, 9.17) is 5.73 Å². The third-order valence-corrected chi connectivity index (χ3v) is 2.84. The van der Waals surface area contributed by atoms with Crippen molar-refractivity contribution in [1.29, 1.82) is 0 Å². The Hall–Kier alpha value is -1.03. The first-order chi connectivity index (χ1) is 6.53. The fourth-order valence-corrected chi connectivity index (χ4v) is 1.81. The van der Waals surface area contributed by atoms with E-state index >= 15 is 0 Å². The molecule has 1 aliphatic rings. The van der Waals surface area contributed by atoms with Crippen molar-refractivity contribution in [1.82, 2.24) is 0 Å². The molecular formula is C10H10F3N. The molecule has 4 heteroatoms. The van der Waals surface area contributed by atoms with E-state index in [9.17, 15) is 13.2 Å². The van der Waals surface area contributed by atoms with E-state index in [2.05, 4.69) is 0 Å². The highest BCUT2D eigenvalue weighted by molar-refractivity contribution is 5.39. The molecule has 1 aliphatic carbocycles. The van der Waals surface area contributed by atoms with Gasteiger partial charge in [0, 0.05) is 18.5 Å². The zero-order valence-corrected chi connectivity index (χ0v) is 7.43. The summed E-state index contributed by atoms with van der Waals surface area (Å²) < 4.78 is 39.4. The molecule has 1 fully saturated rings. The Morgan fingerprint density at radius 3 is 2.29 bits per heavy atom. The predicted molar refractivity (Wildman–Crippen MR) is 46.7 cm³/mol. The van der Waals surface area contributed by atoms with Crippen LogP contribution in [0.4, 0.5) is 13.2 Å². The van der Waals surface area contributed by atoms with Gasteiger partial charge in [0.05, 0.1) is 5.41 Å². The van der Waals surface area contributed by atoms with Crippen LogP contribution in [0.15, 0.2) is 24.3 Å². The number of nitrogens with two attached hydrogens (primary N) is 1. The second-order valence-corrected chi connectivity index (χ2v) is 3.65. The number of alkyl halides is 2. The molecule has 2 rings (SSSR count). The van der Waals surface area contributed by atoms with Crippen LogP contribution in [-0.4, -0.2) is 12.5 Å². The van der Waals surface area contributed by atoms with E-state index in [1.165, 1.54) is 18.2 Å². The highest BCUT2D eigenvalue weighted by Crippen LogP contribution is 2.61. The average molecular weight is 201 g/mol. The van der Waals surface area contributed by atoms with Crippen molar-refractivity contribution in [3.05, 3.63) is 35.6 Å². The van der Waals surface area contributed by atoms with Gasteiger partial charge in [-0.25, -0.2) is 13.2 Å². The van der Waals surface area contributed by atoms with E-state index < -0.39 is 17.2 Å². The summed E-state index contributed by atoms with van der Waals surface area (Å²) in [5.41, 5.74) is 3.87. The molecule has 1 atom stereocenters. The fraction of sp³-hybridized carbons (Fsp3) is 0.400. The second-order valence-electron chi connectivity index (χ2n) is 3.65. The van der Waals surface area contributed by atoms with Crippen LogP contribution in [-0.2, 0) is 5.41 Å². The number of halogens is 3. The molecule has 0 amide bonds. The van der Waals surface area contributed by atoms with Crippen LogP contribution in [0.25, 0.3) is 0 Å². The van der Waals surface area contributed by atoms with Crippen LogP contribution in [0.5, 0.6) is 0 Å². The Morgan fingerprint density at radius 1 is 1.29 bits per heavy atom. The normalized spacial score (nSPS) is 28.9. The van der Waals surface area contributed by atoms with Crippen molar-refractivity contribution in [3.63, 3.8) is 0 Å². The first kappa shape index (κ1) is 9.52. The molecule has 1 nitrogen and oxygen atoms in total. The van der Waals surface area contributed by atoms with E-state index in [0.717, 1.165) is 0 Å². The third-order valence-electron chi connectivity index (χ3n) is 2.84. The first-order valence-corrected chi connectivity index (χ1v) is 4.36. The van der Waals surface area contributed by atoms with E-state index in [0.29, 0.717) is 0 Å². The molecule has 0 saturated heterocycles. The predicted octanol–water partition coefficient (Wildman–Crippen LogP) is 2.06. The molecular weight excluding hydrogens is 191 g/mol. The lowest BCUT2D eigenvalue weighted by Gasteiger charge is -2.14. The number of benzene rings is 1. The summed E-state index contributed by atoms with van der Waals surface area (Å²) in [6.45, 7) is -0.221. The van der Waals surface area contributed by atoms with Gasteiger partial charge in [-0.3, -0.25) is 0 Å². The van der Waals surface area contributed by atoms with Gasteiger partial charge in [-0.15, -0.1) is 0 Å². The molecule has 0 spiro atoms. The van der Waals surface area contributed by atoms with Crippen LogP contribution in [0.2, 0.25) is 0 Å². The zero-order chi connectivity index (χ0) is 10.4. The minimum Gasteiger partial charge on any atom is -0.329 e. The molecule has 0 heterocycles. The van der Waals surface area contributed by atoms with Gasteiger partial charge in [0.25, 0.3) is 5.92 Å². The minimum absolute atomic E-state index is 0.0347. The lowest BCUT2D eigenvalue weighted by Crippen LogP contribution is -2.27. The standard InChI is InChI=1S/C10H10F3N/c11-8-4-2-1-3-7(8)9(6-14)5-10(9,12)13/h1-4H,5-6,14H2. The molecule has 14 heavy (non-hydrogen) atoms. The molecule has 2 N–H and O–H groups in total. The van der Waals surface area contributed by atoms with Crippen molar-refractivity contribution in [2.45, 2.75) is 17.8 Å². The van der Waals surface area contributed by atoms with E-state index in [-0.39, 0.29) is 18.5 Å². The molecule has 1 aromatic carbocycles. The maximum Gasteiger partial charge on any atom is 0.260 e. The Kier molecular flexibility index (Phi) is 1.86. The van der Waals surface area contributed by atoms with Crippen molar-refractivity contribution >= 4 is 0 Å². The fourth-order valence-electron chi connectivity index (χ4n) is 1.81. The lowest BCUT2D eigenvalue weighted by atomic mass is 9.95. The smallest absolute Gasteiger partial charge is 0.260 e. The van der Waals surface area contributed by atoms with Gasteiger partial charge < -0.3 is 5.73 Å². The third kappa shape index (κ3) is 1.07. The maximum absolute atomic E-state index is 13.3. The van der Waals surface area contributed by atoms with Crippen LogP contribution >= 0.6 is 0 Å². The first-order valence-electron chi connectivity index (χ1n) is 4.36. The maximum atomic E-state index is 13.3. The van der Waals surface area contributed by atoms with Gasteiger partial charge in [-0.1, -0.05) is 18.2 Å². The molecule has 0 aromatic heterocycles. The molecule has 1 unspecified atom stereocenters. The Labute approximate surface area is 79.7 Å². The van der Waals surface area contributed by atoms with Crippen LogP contribution in [0.1, 0.15) is 12.0 Å². The number of hydrogen-bond acceptors (Lipinski definition) is 1. The molecule has 76 valence electrons. The van der Waals surface area contributed by atoms with Crippen LogP contribution < -0.4 is 5.73 Å². The minimum atomic E-state index is -2.86. The summed E-state index contributed by atoms with van der Waals surface area (Å²) in [5, 5.41) is 0. The van der Waals surface area contributed by atoms with Gasteiger partial charge in [0.15, 0.2) is 0 Å². The monoisotopic (exact) mass is 201 g/mol. The van der Waals surface area contributed by atoms with Crippen molar-refractivity contribution in [2.75, 3.05) is 6.54 Å². The van der Waals surface area contributed by atoms with Crippen LogP contribution in [0, 0.1) is 5.82 Å². The van der Waals surface area contributed by atoms with Crippen molar-refractivity contribution in [3.8, 4) is 0 Å². The quantitative estimate of drug-likeness (QED) is 0.778. The zero-order valence-electron chi connectivity index (χ0n) is 7.43. The highest BCUT2D eigenvalue weighted by Gasteiger charge is 2.71. The Bertz CT molecular complexity index is 364. The molecule has 1 saturated carbocycles. The highest BCUT2D eigenvalue weighted by atomic mass is 19.3. The van der Waals surface area contributed by atoms with Gasteiger partial charge in [0.2, 0.25) is 0 Å². The lowest BCUT2D eigenvalue weighted by molar-refractivity contribution is 0.0887. The second kappa shape index (κ2) is 2.73. The Morgan fingerprint density at radius 2 is 1.86 bits per heavy atom. The summed E-state index contributed by atoms with van der Waals surface area (Å²) in [7, 11) is 0. The summed E-state index contributed by atoms with van der Waals surface area (Å²) in [4.78, 5) is 0. The summed E-state index contributed by atoms with van der Waals surface area (Å²) in [6.07, 6.45) is -0.350. The van der Waals surface area contributed by atoms with Crippen LogP contribution in [0.3, 0.4) is 0 Å². The van der Waals surface area contributed by atoms with Gasteiger partial charge in [-0.2, -0.15) is 0 Å². The summed E-state index contributed by atoms with van der Waals surface area (Å²) >= 11 is 0. The van der Waals surface area contributed by atoms with Crippen molar-refractivity contribution in [2.24, 2.45) is 5.73 Å². The SMILES string of the molecule is NCC1(c2ccccc2F)CC1(F)F. The molecule has 0 aliphatic heterocycles. The average Bonchev–Trinajstić information content (AvgIpc) is 2.70. The summed E-state index contributed by atoms with van der Waals surface area (Å²) in [6, 6.07) is 5.58. The van der Waals surface area contributed by atoms with Gasteiger partial charge in [0.1, 0.15) is 5.82 Å². The number of rotatable bonds is 2. The van der Waals surface area contributed by atoms with Crippen molar-refractivity contribution < 1.29 is 13.2 Å². The molecule has 0 bridgehead atoms. The Balaban J connectivity index is 2.46. The van der Waals surface area contributed by atoms with Gasteiger partial charge in [-0.05, 0) is 6.07 Å². The molecule has 1 aromatic rings. The summed E-state index contributed by atoms with van der Waals surface area (Å²) in [5.74, 6) is -3.46. The number of hydrogen-bond donors (Lipinski definition) is 1.